The number of carboxylic acid groups (broad SMARTS) is 1. The Morgan fingerprint density at radius 1 is 0.697 bits per heavy atom. The molecule has 3 rings (SSSR count). The van der Waals surface area contributed by atoms with E-state index in [4.69, 9.17) is 10.8 Å². The summed E-state index contributed by atoms with van der Waals surface area (Å²) < 4.78 is 0. The standard InChI is InChI=1S/C22H46N8O3/c23-21-13-24-7-2-10-27-16-22(17-28-11-3-8-25-14-21,18-29-12-4-9-26-15-21)30-19(31)5-1-6-20(32)33/h24-29H,1-18,23H2,(H,30,31)(H,32,33)/t21-,22+. The minimum atomic E-state index is -0.872. The number of carboxylic acids is 1. The van der Waals surface area contributed by atoms with Crippen LogP contribution in [0, 0.1) is 0 Å². The highest BCUT2D eigenvalue weighted by atomic mass is 16.4. The molecular formula is C22H46N8O3. The van der Waals surface area contributed by atoms with E-state index in [9.17, 15) is 9.59 Å². The van der Waals surface area contributed by atoms with Crippen molar-refractivity contribution in [2.24, 2.45) is 5.73 Å². The van der Waals surface area contributed by atoms with Crippen molar-refractivity contribution in [3.05, 3.63) is 0 Å². The van der Waals surface area contributed by atoms with Gasteiger partial charge in [0.05, 0.1) is 11.1 Å². The number of aliphatic carboxylic acids is 1. The quantitative estimate of drug-likeness (QED) is 0.210. The van der Waals surface area contributed by atoms with Crippen LogP contribution in [0.2, 0.25) is 0 Å². The van der Waals surface area contributed by atoms with Gasteiger partial charge in [0.2, 0.25) is 5.91 Å². The Morgan fingerprint density at radius 3 is 1.48 bits per heavy atom. The molecule has 1 amide bonds. The van der Waals surface area contributed by atoms with Crippen molar-refractivity contribution in [3.63, 3.8) is 0 Å². The van der Waals surface area contributed by atoms with E-state index in [1.54, 1.807) is 0 Å². The Labute approximate surface area is 198 Å². The van der Waals surface area contributed by atoms with Gasteiger partial charge in [-0.05, 0) is 65.0 Å². The van der Waals surface area contributed by atoms with Crippen molar-refractivity contribution >= 4 is 11.9 Å². The second kappa shape index (κ2) is 15.5. The fourth-order valence-corrected chi connectivity index (χ4v) is 4.28. The van der Waals surface area contributed by atoms with Gasteiger partial charge in [0.15, 0.2) is 0 Å². The molecule has 0 radical (unpaired) electrons. The average Bonchev–Trinajstić information content (AvgIpc) is 2.75. The van der Waals surface area contributed by atoms with Crippen LogP contribution in [0.1, 0.15) is 38.5 Å². The van der Waals surface area contributed by atoms with Crippen LogP contribution >= 0.6 is 0 Å². The number of fused-ring (bicyclic) bond motifs is 18. The van der Waals surface area contributed by atoms with E-state index in [0.29, 0.717) is 26.1 Å². The van der Waals surface area contributed by atoms with E-state index >= 15 is 0 Å². The van der Waals surface area contributed by atoms with E-state index in [-0.39, 0.29) is 24.3 Å². The van der Waals surface area contributed by atoms with Gasteiger partial charge in [0.25, 0.3) is 0 Å². The smallest absolute Gasteiger partial charge is 0.303 e. The van der Waals surface area contributed by atoms with E-state index in [1.165, 1.54) is 0 Å². The minimum Gasteiger partial charge on any atom is -0.481 e. The molecule has 11 heteroatoms. The maximum absolute atomic E-state index is 12.7. The van der Waals surface area contributed by atoms with Crippen LogP contribution in [-0.4, -0.2) is 107 Å². The molecular weight excluding hydrogens is 424 g/mol. The zero-order chi connectivity index (χ0) is 23.8. The number of nitrogens with two attached hydrogens (primary N) is 1. The van der Waals surface area contributed by atoms with Gasteiger partial charge in [-0.25, -0.2) is 0 Å². The van der Waals surface area contributed by atoms with E-state index in [1.807, 2.05) is 0 Å². The summed E-state index contributed by atoms with van der Waals surface area (Å²) in [7, 11) is 0. The highest BCUT2D eigenvalue weighted by molar-refractivity contribution is 5.77. The first-order valence-electron chi connectivity index (χ1n) is 12.5. The number of carbonyl (C=O) groups excluding carboxylic acids is 1. The fourth-order valence-electron chi connectivity index (χ4n) is 4.28. The first kappa shape index (κ1) is 27.9. The molecule has 11 nitrogen and oxygen atoms in total. The van der Waals surface area contributed by atoms with Gasteiger partial charge in [-0.1, -0.05) is 0 Å². The van der Waals surface area contributed by atoms with Gasteiger partial charge in [-0.15, -0.1) is 0 Å². The van der Waals surface area contributed by atoms with Crippen LogP contribution in [0.25, 0.3) is 0 Å². The normalized spacial score (nSPS) is 29.6. The first-order chi connectivity index (χ1) is 15.9. The van der Waals surface area contributed by atoms with E-state index in [0.717, 1.165) is 78.2 Å². The number of hydrogen-bond donors (Lipinski definition) is 9. The third kappa shape index (κ3) is 12.1. The van der Waals surface area contributed by atoms with Crippen molar-refractivity contribution in [3.8, 4) is 0 Å². The summed E-state index contributed by atoms with van der Waals surface area (Å²) in [5, 5.41) is 33.2. The van der Waals surface area contributed by atoms with Crippen molar-refractivity contribution in [2.45, 2.75) is 49.6 Å². The van der Waals surface area contributed by atoms with Crippen molar-refractivity contribution in [2.75, 3.05) is 78.5 Å². The van der Waals surface area contributed by atoms with E-state index in [2.05, 4.69) is 37.2 Å². The highest BCUT2D eigenvalue weighted by Gasteiger charge is 2.31. The van der Waals surface area contributed by atoms with Crippen molar-refractivity contribution in [1.29, 1.82) is 0 Å². The molecule has 0 saturated carbocycles. The predicted octanol–water partition coefficient (Wildman–Crippen LogP) is -2.47. The molecule has 3 heterocycles. The Bertz CT molecular complexity index is 530. The first-order valence-corrected chi connectivity index (χ1v) is 12.5. The lowest BCUT2D eigenvalue weighted by molar-refractivity contribution is -0.137. The van der Waals surface area contributed by atoms with Crippen LogP contribution in [0.3, 0.4) is 0 Å². The topological polar surface area (TPSA) is 165 Å². The molecule has 3 aliphatic heterocycles. The SMILES string of the molecule is N[C@]12CNCCCNC[C@](NC(=O)CCCC(=O)O)(CNCCCNC1)CNCCCNC2. The summed E-state index contributed by atoms with van der Waals surface area (Å²) in [6.07, 6.45) is 3.44. The fraction of sp³-hybridized carbons (Fsp3) is 0.909. The third-order valence-corrected chi connectivity index (χ3v) is 6.14. The molecule has 192 valence electrons. The maximum atomic E-state index is 12.7. The molecule has 3 fully saturated rings. The average molecular weight is 471 g/mol. The molecule has 0 aromatic rings. The van der Waals surface area contributed by atoms with Crippen LogP contribution in [-0.2, 0) is 9.59 Å². The zero-order valence-electron chi connectivity index (χ0n) is 20.1. The predicted molar refractivity (Wildman–Crippen MR) is 130 cm³/mol. The summed E-state index contributed by atoms with van der Waals surface area (Å²) in [6.45, 7) is 9.26. The third-order valence-electron chi connectivity index (χ3n) is 6.14. The molecule has 0 atom stereocenters. The van der Waals surface area contributed by atoms with Crippen LogP contribution < -0.4 is 43.0 Å². The van der Waals surface area contributed by atoms with Crippen molar-refractivity contribution in [1.82, 2.24) is 37.2 Å². The summed E-state index contributed by atoms with van der Waals surface area (Å²) in [5.74, 6) is -0.974. The molecule has 3 saturated heterocycles. The second-order valence-electron chi connectivity index (χ2n) is 9.56. The molecule has 2 bridgehead atoms. The molecule has 0 aromatic carbocycles. The summed E-state index contributed by atoms with van der Waals surface area (Å²) >= 11 is 0. The van der Waals surface area contributed by atoms with Crippen LogP contribution in [0.4, 0.5) is 0 Å². The summed E-state index contributed by atoms with van der Waals surface area (Å²) in [6, 6.07) is 0. The Morgan fingerprint density at radius 2 is 1.09 bits per heavy atom. The van der Waals surface area contributed by atoms with Gasteiger partial charge in [-0.2, -0.15) is 0 Å². The molecule has 0 unspecified atom stereocenters. The number of rotatable bonds is 5. The number of carbonyl (C=O) groups is 2. The second-order valence-corrected chi connectivity index (χ2v) is 9.56. The number of amides is 1. The highest BCUT2D eigenvalue weighted by Crippen LogP contribution is 2.06. The Balaban J connectivity index is 2.09. The van der Waals surface area contributed by atoms with Crippen LogP contribution in [0.5, 0.6) is 0 Å². The number of hydrogen-bond acceptors (Lipinski definition) is 9. The number of nitrogens with one attached hydrogen (secondary N) is 7. The molecule has 0 spiro atoms. The summed E-state index contributed by atoms with van der Waals surface area (Å²) in [5.41, 5.74) is 5.87. The van der Waals surface area contributed by atoms with Gasteiger partial charge >= 0.3 is 5.97 Å². The van der Waals surface area contributed by atoms with Gasteiger partial charge in [0.1, 0.15) is 0 Å². The van der Waals surface area contributed by atoms with Crippen molar-refractivity contribution < 1.29 is 14.7 Å². The lowest BCUT2D eigenvalue weighted by Gasteiger charge is -2.37. The van der Waals surface area contributed by atoms with Gasteiger partial charge < -0.3 is 48.1 Å². The van der Waals surface area contributed by atoms with Gasteiger partial charge in [-0.3, -0.25) is 9.59 Å². The molecule has 10 N–H and O–H groups in total. The maximum Gasteiger partial charge on any atom is 0.303 e. The van der Waals surface area contributed by atoms with E-state index < -0.39 is 11.5 Å². The monoisotopic (exact) mass is 470 g/mol. The summed E-state index contributed by atoms with van der Waals surface area (Å²) in [4.78, 5) is 23.5. The minimum absolute atomic E-state index is 0.00621. The Hall–Kier alpha value is -1.34. The molecule has 0 aliphatic carbocycles. The van der Waals surface area contributed by atoms with Gasteiger partial charge in [0, 0.05) is 52.1 Å². The molecule has 3 aliphatic rings. The zero-order valence-corrected chi connectivity index (χ0v) is 20.1. The lowest BCUT2D eigenvalue weighted by Crippen LogP contribution is -2.65. The Kier molecular flexibility index (Phi) is 13.1. The largest absolute Gasteiger partial charge is 0.481 e. The lowest BCUT2D eigenvalue weighted by atomic mass is 9.97. The van der Waals surface area contributed by atoms with Crippen LogP contribution in [0.15, 0.2) is 0 Å². The molecule has 33 heavy (non-hydrogen) atoms. The molecule has 0 aromatic heterocycles.